The summed E-state index contributed by atoms with van der Waals surface area (Å²) in [5.41, 5.74) is 7.62. The summed E-state index contributed by atoms with van der Waals surface area (Å²) < 4.78 is 0. The summed E-state index contributed by atoms with van der Waals surface area (Å²) in [6.07, 6.45) is 6.22. The molecule has 0 unspecified atom stereocenters. The smallest absolute Gasteiger partial charge is 0.248 e. The topological polar surface area (TPSA) is 78.6 Å². The zero-order valence-corrected chi connectivity index (χ0v) is 15.3. The van der Waals surface area contributed by atoms with Crippen molar-refractivity contribution in [1.29, 1.82) is 0 Å². The lowest BCUT2D eigenvalue weighted by atomic mass is 9.52. The Labute approximate surface area is 154 Å². The monoisotopic (exact) mass is 355 g/mol. The van der Waals surface area contributed by atoms with Gasteiger partial charge in [0, 0.05) is 23.6 Å². The van der Waals surface area contributed by atoms with Crippen LogP contribution in [0.3, 0.4) is 0 Å². The fourth-order valence-corrected chi connectivity index (χ4v) is 5.99. The van der Waals surface area contributed by atoms with Gasteiger partial charge in [-0.3, -0.25) is 9.69 Å². The van der Waals surface area contributed by atoms with Crippen LogP contribution in [0.1, 0.15) is 53.6 Å². The molecule has 140 valence electrons. The van der Waals surface area contributed by atoms with E-state index < -0.39 is 5.60 Å². The molecule has 2 bridgehead atoms. The molecule has 3 fully saturated rings. The Bertz CT molecular complexity index is 747. The third-order valence-electron chi connectivity index (χ3n) is 7.57. The lowest BCUT2D eigenvalue weighted by Crippen LogP contribution is -2.71. The van der Waals surface area contributed by atoms with Gasteiger partial charge in [0.2, 0.25) is 5.91 Å². The Hall–Kier alpha value is -1.43. The number of hydrogen-bond acceptors (Lipinski definition) is 4. The molecule has 4 aliphatic rings. The molecule has 2 saturated heterocycles. The Morgan fingerprint density at radius 3 is 2.85 bits per heavy atom. The summed E-state index contributed by atoms with van der Waals surface area (Å²) >= 11 is 0. The van der Waals surface area contributed by atoms with Gasteiger partial charge >= 0.3 is 0 Å². The van der Waals surface area contributed by atoms with Crippen LogP contribution in [-0.2, 0) is 11.8 Å². The summed E-state index contributed by atoms with van der Waals surface area (Å²) in [5.74, 6) is 0.446. The summed E-state index contributed by atoms with van der Waals surface area (Å²) in [6, 6.07) is 6.12. The van der Waals surface area contributed by atoms with Crippen molar-refractivity contribution in [3.63, 3.8) is 0 Å². The fraction of sp³-hybridized carbons (Fsp3) is 0.667. The minimum Gasteiger partial charge on any atom is -0.387 e. The van der Waals surface area contributed by atoms with Crippen LogP contribution in [0.25, 0.3) is 0 Å². The van der Waals surface area contributed by atoms with Crippen LogP contribution in [0.4, 0.5) is 0 Å². The largest absolute Gasteiger partial charge is 0.387 e. The Morgan fingerprint density at radius 1 is 1.27 bits per heavy atom. The van der Waals surface area contributed by atoms with Crippen LogP contribution < -0.4 is 11.1 Å². The van der Waals surface area contributed by atoms with Crippen LogP contribution in [0.2, 0.25) is 0 Å². The second kappa shape index (κ2) is 5.78. The zero-order valence-electron chi connectivity index (χ0n) is 15.3. The quantitative estimate of drug-likeness (QED) is 0.761. The van der Waals surface area contributed by atoms with Crippen molar-refractivity contribution in [2.24, 2.45) is 11.7 Å². The molecule has 1 saturated carbocycles. The lowest BCUT2D eigenvalue weighted by Gasteiger charge is -2.61. The van der Waals surface area contributed by atoms with Crippen molar-refractivity contribution < 1.29 is 9.90 Å². The van der Waals surface area contributed by atoms with Gasteiger partial charge in [-0.05, 0) is 87.3 Å². The predicted molar refractivity (Wildman–Crippen MR) is 100 cm³/mol. The van der Waals surface area contributed by atoms with Gasteiger partial charge in [0.1, 0.15) is 0 Å². The number of hydrogen-bond donors (Lipinski definition) is 3. The Balaban J connectivity index is 1.65. The van der Waals surface area contributed by atoms with E-state index in [0.29, 0.717) is 5.56 Å². The highest BCUT2D eigenvalue weighted by Gasteiger charge is 2.62. The fourth-order valence-electron chi connectivity index (χ4n) is 5.99. The van der Waals surface area contributed by atoms with E-state index >= 15 is 0 Å². The number of amides is 1. The van der Waals surface area contributed by atoms with Gasteiger partial charge in [0.15, 0.2) is 0 Å². The number of benzene rings is 1. The van der Waals surface area contributed by atoms with Crippen LogP contribution in [0, 0.1) is 5.92 Å². The summed E-state index contributed by atoms with van der Waals surface area (Å²) in [4.78, 5) is 14.4. The zero-order chi connectivity index (χ0) is 17.9. The van der Waals surface area contributed by atoms with Gasteiger partial charge in [0.05, 0.1) is 5.60 Å². The highest BCUT2D eigenvalue weighted by atomic mass is 16.3. The van der Waals surface area contributed by atoms with Gasteiger partial charge in [0.25, 0.3) is 0 Å². The van der Waals surface area contributed by atoms with E-state index in [1.54, 1.807) is 0 Å². The first-order valence-electron chi connectivity index (χ1n) is 10.1. The summed E-state index contributed by atoms with van der Waals surface area (Å²) in [7, 11) is 0. The number of carbonyl (C=O) groups excluding carboxylic acids is 1. The Kier molecular flexibility index (Phi) is 3.72. The van der Waals surface area contributed by atoms with E-state index in [-0.39, 0.29) is 17.4 Å². The van der Waals surface area contributed by atoms with Crippen molar-refractivity contribution in [2.45, 2.75) is 55.6 Å². The number of nitrogens with one attached hydrogen (secondary N) is 1. The van der Waals surface area contributed by atoms with Gasteiger partial charge in [-0.1, -0.05) is 6.07 Å². The number of nitrogens with two attached hydrogens (primary N) is 1. The van der Waals surface area contributed by atoms with Crippen molar-refractivity contribution in [3.05, 3.63) is 34.9 Å². The van der Waals surface area contributed by atoms with E-state index in [1.165, 1.54) is 24.0 Å². The first-order valence-corrected chi connectivity index (χ1v) is 10.1. The van der Waals surface area contributed by atoms with E-state index in [1.807, 2.05) is 12.1 Å². The molecule has 1 aromatic rings. The molecule has 1 amide bonds. The molecule has 26 heavy (non-hydrogen) atoms. The lowest BCUT2D eigenvalue weighted by molar-refractivity contribution is -0.148. The molecule has 2 aliphatic heterocycles. The third-order valence-corrected chi connectivity index (χ3v) is 7.57. The highest BCUT2D eigenvalue weighted by Crippen LogP contribution is 2.55. The van der Waals surface area contributed by atoms with Gasteiger partial charge in [-0.15, -0.1) is 0 Å². The number of piperidine rings is 1. The second-order valence-electron chi connectivity index (χ2n) is 8.90. The molecule has 2 heterocycles. The van der Waals surface area contributed by atoms with E-state index in [0.717, 1.165) is 57.8 Å². The van der Waals surface area contributed by atoms with E-state index in [9.17, 15) is 9.90 Å². The average Bonchev–Trinajstić information content (AvgIpc) is 3.43. The minimum atomic E-state index is -0.729. The maximum absolute atomic E-state index is 12.1. The molecule has 5 heteroatoms. The molecular weight excluding hydrogens is 326 g/mol. The normalized spacial score (nSPS) is 36.7. The van der Waals surface area contributed by atoms with Crippen molar-refractivity contribution in [2.75, 3.05) is 26.2 Å². The SMILES string of the molecule is NC(=O)c1ccc2c(c1)[C@@]13CCNCC[C@@]1(O)[C@@H](C2)N(CC1CC1)CC3. The standard InChI is InChI=1S/C21H29N3O2/c22-19(25)16-4-3-15-12-18-21(26)6-9-23-8-5-20(21,17(15)11-16)7-10-24(18)13-14-1-2-14/h3-4,11,14,18,23,26H,1-2,5-10,12-13H2,(H2,22,25)/t18-,20+,21-/m1/s1. The Morgan fingerprint density at radius 2 is 2.08 bits per heavy atom. The second-order valence-corrected chi connectivity index (χ2v) is 8.90. The van der Waals surface area contributed by atoms with Crippen molar-refractivity contribution in [1.82, 2.24) is 10.2 Å². The van der Waals surface area contributed by atoms with Crippen LogP contribution in [0.15, 0.2) is 18.2 Å². The molecule has 5 rings (SSSR count). The number of carbonyl (C=O) groups is 1. The molecule has 0 aromatic heterocycles. The van der Waals surface area contributed by atoms with Crippen molar-refractivity contribution >= 4 is 5.91 Å². The number of nitrogens with zero attached hydrogens (tertiary/aromatic N) is 1. The molecule has 1 aromatic carbocycles. The minimum absolute atomic E-state index is 0.184. The number of rotatable bonds is 3. The molecule has 0 radical (unpaired) electrons. The van der Waals surface area contributed by atoms with Crippen molar-refractivity contribution in [3.8, 4) is 0 Å². The highest BCUT2D eigenvalue weighted by molar-refractivity contribution is 5.93. The first-order chi connectivity index (χ1) is 12.5. The van der Waals surface area contributed by atoms with Crippen LogP contribution in [-0.4, -0.2) is 53.7 Å². The van der Waals surface area contributed by atoms with Gasteiger partial charge < -0.3 is 16.2 Å². The van der Waals surface area contributed by atoms with Gasteiger partial charge in [-0.2, -0.15) is 0 Å². The maximum atomic E-state index is 12.1. The molecular formula is C21H29N3O2. The van der Waals surface area contributed by atoms with Crippen LogP contribution in [0.5, 0.6) is 0 Å². The third kappa shape index (κ3) is 2.30. The number of likely N-dealkylation sites (tertiary alicyclic amines) is 1. The maximum Gasteiger partial charge on any atom is 0.248 e. The van der Waals surface area contributed by atoms with E-state index in [4.69, 9.17) is 5.73 Å². The molecule has 2 aliphatic carbocycles. The number of aliphatic hydroxyl groups is 1. The molecule has 4 N–H and O–H groups in total. The molecule has 0 spiro atoms. The van der Waals surface area contributed by atoms with Crippen LogP contribution >= 0.6 is 0 Å². The summed E-state index contributed by atoms with van der Waals surface area (Å²) in [5, 5.41) is 15.6. The number of fused-ring (bicyclic) bond motifs is 1. The number of primary amides is 1. The first kappa shape index (κ1) is 16.7. The predicted octanol–water partition coefficient (Wildman–Crippen LogP) is 1.18. The van der Waals surface area contributed by atoms with Gasteiger partial charge in [-0.25, -0.2) is 0 Å². The molecule has 5 nitrogen and oxygen atoms in total. The van der Waals surface area contributed by atoms with E-state index in [2.05, 4.69) is 16.3 Å². The molecule has 3 atom stereocenters. The summed E-state index contributed by atoms with van der Waals surface area (Å²) in [6.45, 7) is 3.95. The average molecular weight is 355 g/mol.